The van der Waals surface area contributed by atoms with Crippen molar-refractivity contribution in [1.82, 2.24) is 9.80 Å². The molecule has 0 spiro atoms. The Morgan fingerprint density at radius 1 is 1.16 bits per heavy atom. The molecule has 2 amide bonds. The molecule has 5 nitrogen and oxygen atoms in total. The fraction of sp³-hybridized carbons (Fsp3) is 0.857. The largest absolute Gasteiger partial charge is 0.396 e. The SMILES string of the molecule is CC(=O)N1CCCC(C(=O)N2CCC(CCO)C2)C1. The molecule has 2 saturated heterocycles. The summed E-state index contributed by atoms with van der Waals surface area (Å²) in [6.45, 7) is 4.71. The zero-order chi connectivity index (χ0) is 13.8. The Balaban J connectivity index is 1.87. The number of aliphatic hydroxyl groups excluding tert-OH is 1. The summed E-state index contributed by atoms with van der Waals surface area (Å²) < 4.78 is 0. The van der Waals surface area contributed by atoms with Gasteiger partial charge in [-0.1, -0.05) is 0 Å². The first kappa shape index (κ1) is 14.3. The summed E-state index contributed by atoms with van der Waals surface area (Å²) in [7, 11) is 0. The summed E-state index contributed by atoms with van der Waals surface area (Å²) in [4.78, 5) is 27.6. The molecule has 5 heteroatoms. The van der Waals surface area contributed by atoms with Gasteiger partial charge in [0.1, 0.15) is 0 Å². The van der Waals surface area contributed by atoms with E-state index in [1.165, 1.54) is 0 Å². The van der Waals surface area contributed by atoms with Gasteiger partial charge < -0.3 is 14.9 Å². The van der Waals surface area contributed by atoms with Crippen LogP contribution in [0.15, 0.2) is 0 Å². The van der Waals surface area contributed by atoms with Gasteiger partial charge in [-0.3, -0.25) is 9.59 Å². The van der Waals surface area contributed by atoms with Crippen LogP contribution in [-0.4, -0.2) is 59.5 Å². The Morgan fingerprint density at radius 2 is 1.95 bits per heavy atom. The number of piperidine rings is 1. The lowest BCUT2D eigenvalue weighted by atomic mass is 9.96. The molecule has 2 aliphatic rings. The molecule has 2 aliphatic heterocycles. The summed E-state index contributed by atoms with van der Waals surface area (Å²) in [5.41, 5.74) is 0. The average molecular weight is 268 g/mol. The highest BCUT2D eigenvalue weighted by Crippen LogP contribution is 2.24. The standard InChI is InChI=1S/C14H24N2O3/c1-11(18)15-6-2-3-13(10-15)14(19)16-7-4-12(9-16)5-8-17/h12-13,17H,2-10H2,1H3. The number of hydrogen-bond acceptors (Lipinski definition) is 3. The Bertz CT molecular complexity index is 346. The normalized spacial score (nSPS) is 27.7. The Hall–Kier alpha value is -1.10. The van der Waals surface area contributed by atoms with Gasteiger partial charge in [-0.25, -0.2) is 0 Å². The van der Waals surface area contributed by atoms with Crippen molar-refractivity contribution in [2.24, 2.45) is 11.8 Å². The minimum atomic E-state index is -0.0227. The first-order chi connectivity index (χ1) is 9.11. The lowest BCUT2D eigenvalue weighted by Crippen LogP contribution is -2.45. The predicted octanol–water partition coefficient (Wildman–Crippen LogP) is 0.476. The van der Waals surface area contributed by atoms with E-state index in [1.807, 2.05) is 4.90 Å². The fourth-order valence-electron chi connectivity index (χ4n) is 3.17. The van der Waals surface area contributed by atoms with E-state index in [4.69, 9.17) is 5.11 Å². The Morgan fingerprint density at radius 3 is 2.63 bits per heavy atom. The lowest BCUT2D eigenvalue weighted by molar-refractivity contribution is -0.139. The first-order valence-corrected chi connectivity index (χ1v) is 7.27. The van der Waals surface area contributed by atoms with E-state index in [0.717, 1.165) is 45.3 Å². The van der Waals surface area contributed by atoms with Crippen LogP contribution in [-0.2, 0) is 9.59 Å². The van der Waals surface area contributed by atoms with Gasteiger partial charge in [-0.05, 0) is 31.6 Å². The third kappa shape index (κ3) is 3.47. The van der Waals surface area contributed by atoms with E-state index >= 15 is 0 Å². The van der Waals surface area contributed by atoms with Gasteiger partial charge in [-0.15, -0.1) is 0 Å². The van der Waals surface area contributed by atoms with Gasteiger partial charge in [0, 0.05) is 39.7 Å². The van der Waals surface area contributed by atoms with Crippen LogP contribution in [0.4, 0.5) is 0 Å². The van der Waals surface area contributed by atoms with Crippen molar-refractivity contribution in [3.8, 4) is 0 Å². The minimum Gasteiger partial charge on any atom is -0.396 e. The maximum atomic E-state index is 12.4. The molecule has 0 aromatic rings. The van der Waals surface area contributed by atoms with Crippen LogP contribution in [0.5, 0.6) is 0 Å². The number of rotatable bonds is 3. The van der Waals surface area contributed by atoms with Crippen molar-refractivity contribution in [3.63, 3.8) is 0 Å². The third-order valence-electron chi connectivity index (χ3n) is 4.35. The molecule has 0 aliphatic carbocycles. The third-order valence-corrected chi connectivity index (χ3v) is 4.35. The van der Waals surface area contributed by atoms with Crippen molar-refractivity contribution in [2.75, 3.05) is 32.8 Å². The van der Waals surface area contributed by atoms with Crippen LogP contribution in [0.25, 0.3) is 0 Å². The number of amides is 2. The first-order valence-electron chi connectivity index (χ1n) is 7.27. The summed E-state index contributed by atoms with van der Waals surface area (Å²) in [6, 6.07) is 0. The quantitative estimate of drug-likeness (QED) is 0.809. The van der Waals surface area contributed by atoms with Crippen molar-refractivity contribution in [3.05, 3.63) is 0 Å². The van der Waals surface area contributed by atoms with Gasteiger partial charge in [0.05, 0.1) is 5.92 Å². The molecule has 2 atom stereocenters. The monoisotopic (exact) mass is 268 g/mol. The minimum absolute atomic E-state index is 0.0227. The molecular weight excluding hydrogens is 244 g/mol. The van der Waals surface area contributed by atoms with Gasteiger partial charge in [0.25, 0.3) is 0 Å². The zero-order valence-electron chi connectivity index (χ0n) is 11.7. The highest BCUT2D eigenvalue weighted by molar-refractivity contribution is 5.81. The molecule has 2 unspecified atom stereocenters. The highest BCUT2D eigenvalue weighted by Gasteiger charge is 2.33. The van der Waals surface area contributed by atoms with Crippen LogP contribution >= 0.6 is 0 Å². The van der Waals surface area contributed by atoms with E-state index in [-0.39, 0.29) is 24.3 Å². The van der Waals surface area contributed by atoms with Crippen LogP contribution in [0.3, 0.4) is 0 Å². The molecule has 108 valence electrons. The topological polar surface area (TPSA) is 60.9 Å². The van der Waals surface area contributed by atoms with Gasteiger partial charge >= 0.3 is 0 Å². The molecule has 0 aromatic heterocycles. The van der Waals surface area contributed by atoms with Crippen molar-refractivity contribution in [2.45, 2.75) is 32.6 Å². The van der Waals surface area contributed by atoms with E-state index < -0.39 is 0 Å². The molecule has 1 N–H and O–H groups in total. The molecule has 0 bridgehead atoms. The molecule has 2 heterocycles. The molecular formula is C14H24N2O3. The van der Waals surface area contributed by atoms with Gasteiger partial charge in [0.15, 0.2) is 0 Å². The predicted molar refractivity (Wildman–Crippen MR) is 71.4 cm³/mol. The van der Waals surface area contributed by atoms with Crippen LogP contribution in [0, 0.1) is 11.8 Å². The second-order valence-electron chi connectivity index (χ2n) is 5.76. The van der Waals surface area contributed by atoms with Gasteiger partial charge in [-0.2, -0.15) is 0 Å². The number of likely N-dealkylation sites (tertiary alicyclic amines) is 2. The fourth-order valence-corrected chi connectivity index (χ4v) is 3.17. The molecule has 2 fully saturated rings. The summed E-state index contributed by atoms with van der Waals surface area (Å²) >= 11 is 0. The highest BCUT2D eigenvalue weighted by atomic mass is 16.3. The van der Waals surface area contributed by atoms with Crippen LogP contribution < -0.4 is 0 Å². The van der Waals surface area contributed by atoms with E-state index in [0.29, 0.717) is 12.5 Å². The van der Waals surface area contributed by atoms with Crippen molar-refractivity contribution in [1.29, 1.82) is 0 Å². The van der Waals surface area contributed by atoms with Crippen LogP contribution in [0.2, 0.25) is 0 Å². The van der Waals surface area contributed by atoms with Crippen molar-refractivity contribution < 1.29 is 14.7 Å². The number of nitrogens with zero attached hydrogens (tertiary/aromatic N) is 2. The van der Waals surface area contributed by atoms with Gasteiger partial charge in [0.2, 0.25) is 11.8 Å². The second-order valence-corrected chi connectivity index (χ2v) is 5.76. The van der Waals surface area contributed by atoms with E-state index in [2.05, 4.69) is 0 Å². The molecule has 19 heavy (non-hydrogen) atoms. The number of hydrogen-bond donors (Lipinski definition) is 1. The molecule has 0 radical (unpaired) electrons. The zero-order valence-corrected chi connectivity index (χ0v) is 11.7. The Kier molecular flexibility index (Phi) is 4.80. The number of carbonyl (C=O) groups is 2. The summed E-state index contributed by atoms with van der Waals surface area (Å²) in [5.74, 6) is 0.690. The number of carbonyl (C=O) groups excluding carboxylic acids is 2. The Labute approximate surface area is 114 Å². The van der Waals surface area contributed by atoms with Crippen LogP contribution in [0.1, 0.15) is 32.6 Å². The average Bonchev–Trinajstić information content (AvgIpc) is 2.87. The maximum Gasteiger partial charge on any atom is 0.227 e. The van der Waals surface area contributed by atoms with E-state index in [1.54, 1.807) is 11.8 Å². The summed E-state index contributed by atoms with van der Waals surface area (Å²) in [5, 5.41) is 8.95. The smallest absolute Gasteiger partial charge is 0.227 e. The second kappa shape index (κ2) is 6.37. The maximum absolute atomic E-state index is 12.4. The van der Waals surface area contributed by atoms with Crippen molar-refractivity contribution >= 4 is 11.8 Å². The van der Waals surface area contributed by atoms with E-state index in [9.17, 15) is 9.59 Å². The molecule has 0 saturated carbocycles. The number of aliphatic hydroxyl groups is 1. The molecule has 0 aromatic carbocycles. The lowest BCUT2D eigenvalue weighted by Gasteiger charge is -2.33. The summed E-state index contributed by atoms with van der Waals surface area (Å²) in [6.07, 6.45) is 3.59. The molecule has 2 rings (SSSR count).